The molecule has 1 N–H and O–H groups in total. The van der Waals surface area contributed by atoms with Crippen molar-refractivity contribution in [3.63, 3.8) is 0 Å². The number of hydrogen-bond acceptors (Lipinski definition) is 4. The molecule has 8 heteroatoms. The highest BCUT2D eigenvalue weighted by atomic mass is 19.2. The lowest BCUT2D eigenvalue weighted by Crippen LogP contribution is -2.29. The van der Waals surface area contributed by atoms with Crippen molar-refractivity contribution < 1.29 is 23.1 Å². The third-order valence-corrected chi connectivity index (χ3v) is 3.44. The molecule has 1 unspecified atom stereocenters. The van der Waals surface area contributed by atoms with E-state index in [1.54, 1.807) is 0 Å². The number of carboxylic acid groups (broad SMARTS) is 1. The minimum absolute atomic E-state index is 0.00277. The predicted octanol–water partition coefficient (Wildman–Crippen LogP) is 2.68. The van der Waals surface area contributed by atoms with E-state index in [4.69, 9.17) is 10.4 Å². The van der Waals surface area contributed by atoms with Crippen LogP contribution in [0.5, 0.6) is 0 Å². The van der Waals surface area contributed by atoms with Gasteiger partial charge in [0.05, 0.1) is 17.2 Å². The van der Waals surface area contributed by atoms with Gasteiger partial charge in [0.2, 0.25) is 0 Å². The van der Waals surface area contributed by atoms with Gasteiger partial charge < -0.3 is 10.0 Å². The quantitative estimate of drug-likeness (QED) is 0.875. The topological polar surface area (TPSA) is 77.2 Å². The lowest BCUT2D eigenvalue weighted by atomic mass is 10.1. The molecule has 120 valence electrons. The Morgan fingerprint density at radius 3 is 2.65 bits per heavy atom. The summed E-state index contributed by atoms with van der Waals surface area (Å²) in [5, 5.41) is 18.0. The maximum atomic E-state index is 13.9. The van der Waals surface area contributed by atoms with Gasteiger partial charge >= 0.3 is 5.97 Å². The summed E-state index contributed by atoms with van der Waals surface area (Å²) in [4.78, 5) is 16.0. The molecule has 0 bridgehead atoms. The van der Waals surface area contributed by atoms with Gasteiger partial charge in [-0.05, 0) is 6.07 Å². The van der Waals surface area contributed by atoms with E-state index in [-0.39, 0.29) is 23.2 Å². The van der Waals surface area contributed by atoms with Crippen molar-refractivity contribution in [3.05, 3.63) is 35.3 Å². The SMILES string of the molecule is CC(CN(C)c1c(C#N)cnc2c(F)c(F)c(F)cc12)C(=O)O. The van der Waals surface area contributed by atoms with Crippen LogP contribution in [-0.2, 0) is 4.79 Å². The van der Waals surface area contributed by atoms with Gasteiger partial charge in [-0.2, -0.15) is 5.26 Å². The van der Waals surface area contributed by atoms with E-state index in [1.807, 2.05) is 6.07 Å². The number of aromatic nitrogens is 1. The molecule has 1 aromatic heterocycles. The summed E-state index contributed by atoms with van der Waals surface area (Å²) in [6.45, 7) is 1.44. The first-order chi connectivity index (χ1) is 10.8. The minimum Gasteiger partial charge on any atom is -0.481 e. The summed E-state index contributed by atoms with van der Waals surface area (Å²) < 4.78 is 40.7. The Balaban J connectivity index is 2.70. The van der Waals surface area contributed by atoms with Crippen molar-refractivity contribution in [1.82, 2.24) is 4.98 Å². The molecular weight excluding hydrogens is 311 g/mol. The van der Waals surface area contributed by atoms with E-state index in [0.29, 0.717) is 0 Å². The summed E-state index contributed by atoms with van der Waals surface area (Å²) in [6, 6.07) is 2.58. The third-order valence-electron chi connectivity index (χ3n) is 3.44. The Bertz CT molecular complexity index is 833. The van der Waals surface area contributed by atoms with Gasteiger partial charge in [0.15, 0.2) is 17.5 Å². The monoisotopic (exact) mass is 323 g/mol. The largest absolute Gasteiger partial charge is 0.481 e. The number of halogens is 3. The molecule has 0 aliphatic heterocycles. The number of aliphatic carboxylic acids is 1. The molecule has 0 saturated carbocycles. The highest BCUT2D eigenvalue weighted by molar-refractivity contribution is 5.95. The number of carbonyl (C=O) groups is 1. The fourth-order valence-electron chi connectivity index (χ4n) is 2.30. The van der Waals surface area contributed by atoms with Crippen LogP contribution in [0.4, 0.5) is 18.9 Å². The molecule has 23 heavy (non-hydrogen) atoms. The van der Waals surface area contributed by atoms with E-state index in [1.165, 1.54) is 18.9 Å². The van der Waals surface area contributed by atoms with Crippen LogP contribution in [0.15, 0.2) is 12.3 Å². The van der Waals surface area contributed by atoms with Crippen LogP contribution < -0.4 is 4.90 Å². The highest BCUT2D eigenvalue weighted by Gasteiger charge is 2.22. The van der Waals surface area contributed by atoms with Crippen LogP contribution in [0.2, 0.25) is 0 Å². The van der Waals surface area contributed by atoms with Gasteiger partial charge in [0.1, 0.15) is 11.6 Å². The Labute approximate surface area is 129 Å². The number of nitrogens with zero attached hydrogens (tertiary/aromatic N) is 3. The van der Waals surface area contributed by atoms with Crippen molar-refractivity contribution in [2.45, 2.75) is 6.92 Å². The Kier molecular flexibility index (Phi) is 4.40. The predicted molar refractivity (Wildman–Crippen MR) is 76.4 cm³/mol. The second kappa shape index (κ2) is 6.12. The summed E-state index contributed by atoms with van der Waals surface area (Å²) >= 11 is 0. The normalized spacial score (nSPS) is 12.0. The fraction of sp³-hybridized carbons (Fsp3) is 0.267. The molecule has 0 fully saturated rings. The van der Waals surface area contributed by atoms with E-state index in [9.17, 15) is 18.0 Å². The summed E-state index contributed by atoms with van der Waals surface area (Å²) in [6.07, 6.45) is 1.04. The zero-order chi connectivity index (χ0) is 17.3. The molecule has 0 aliphatic carbocycles. The average Bonchev–Trinajstić information content (AvgIpc) is 2.51. The Morgan fingerprint density at radius 1 is 1.43 bits per heavy atom. The number of rotatable bonds is 4. The molecule has 0 saturated heterocycles. The smallest absolute Gasteiger partial charge is 0.308 e. The molecule has 0 aliphatic rings. The molecule has 2 rings (SSSR count). The zero-order valence-electron chi connectivity index (χ0n) is 12.3. The van der Waals surface area contributed by atoms with Crippen LogP contribution in [0.3, 0.4) is 0 Å². The van der Waals surface area contributed by atoms with E-state index >= 15 is 0 Å². The molecule has 0 amide bonds. The number of pyridine rings is 1. The molecule has 1 aromatic carbocycles. The van der Waals surface area contributed by atoms with Gasteiger partial charge in [-0.25, -0.2) is 13.2 Å². The maximum absolute atomic E-state index is 13.9. The van der Waals surface area contributed by atoms with Gasteiger partial charge in [-0.15, -0.1) is 0 Å². The number of nitriles is 1. The maximum Gasteiger partial charge on any atom is 0.308 e. The first kappa shape index (κ1) is 16.5. The number of anilines is 1. The van der Waals surface area contributed by atoms with Crippen molar-refractivity contribution in [2.75, 3.05) is 18.5 Å². The zero-order valence-corrected chi connectivity index (χ0v) is 12.3. The number of hydrogen-bond donors (Lipinski definition) is 1. The summed E-state index contributed by atoms with van der Waals surface area (Å²) in [5.41, 5.74) is -0.320. The van der Waals surface area contributed by atoms with Crippen LogP contribution in [0.25, 0.3) is 10.9 Å². The van der Waals surface area contributed by atoms with E-state index in [2.05, 4.69) is 4.98 Å². The van der Waals surface area contributed by atoms with E-state index < -0.39 is 34.9 Å². The molecule has 5 nitrogen and oxygen atoms in total. The molecule has 0 radical (unpaired) electrons. The van der Waals surface area contributed by atoms with Gasteiger partial charge in [-0.1, -0.05) is 6.92 Å². The van der Waals surface area contributed by atoms with Gasteiger partial charge in [0.25, 0.3) is 0 Å². The first-order valence-electron chi connectivity index (χ1n) is 6.58. The minimum atomic E-state index is -1.65. The third kappa shape index (κ3) is 2.90. The fourth-order valence-corrected chi connectivity index (χ4v) is 2.30. The molecular formula is C15H12F3N3O2. The first-order valence-corrected chi connectivity index (χ1v) is 6.58. The van der Waals surface area contributed by atoms with Crippen LogP contribution in [0.1, 0.15) is 12.5 Å². The Morgan fingerprint density at radius 2 is 2.09 bits per heavy atom. The summed E-state index contributed by atoms with van der Waals surface area (Å²) in [7, 11) is 1.48. The highest BCUT2D eigenvalue weighted by Crippen LogP contribution is 2.32. The van der Waals surface area contributed by atoms with Crippen molar-refractivity contribution in [3.8, 4) is 6.07 Å². The standard InChI is InChI=1S/C15H12F3N3O2/c1-7(15(22)23)6-21(2)14-8(4-19)5-20-13-9(14)3-10(16)11(17)12(13)18/h3,5,7H,6H2,1-2H3,(H,22,23). The summed E-state index contributed by atoms with van der Waals surface area (Å²) in [5.74, 6) is -6.36. The van der Waals surface area contributed by atoms with Crippen LogP contribution in [-0.4, -0.2) is 29.7 Å². The Hall–Kier alpha value is -2.82. The van der Waals surface area contributed by atoms with Gasteiger partial charge in [0, 0.05) is 25.2 Å². The number of benzene rings is 1. The average molecular weight is 323 g/mol. The van der Waals surface area contributed by atoms with Crippen molar-refractivity contribution in [2.24, 2.45) is 5.92 Å². The lowest BCUT2D eigenvalue weighted by Gasteiger charge is -2.24. The number of fused-ring (bicyclic) bond motifs is 1. The molecule has 2 aromatic rings. The van der Waals surface area contributed by atoms with Crippen molar-refractivity contribution in [1.29, 1.82) is 5.26 Å². The molecule has 0 spiro atoms. The lowest BCUT2D eigenvalue weighted by molar-refractivity contribution is -0.140. The molecule has 1 atom stereocenters. The number of carboxylic acids is 1. The van der Waals surface area contributed by atoms with Gasteiger partial charge in [-0.3, -0.25) is 9.78 Å². The molecule has 1 heterocycles. The van der Waals surface area contributed by atoms with Crippen LogP contribution >= 0.6 is 0 Å². The van der Waals surface area contributed by atoms with Crippen molar-refractivity contribution >= 4 is 22.6 Å². The second-order valence-corrected chi connectivity index (χ2v) is 5.13. The van der Waals surface area contributed by atoms with E-state index in [0.717, 1.165) is 12.3 Å². The van der Waals surface area contributed by atoms with Crippen LogP contribution in [0, 0.1) is 34.7 Å². The second-order valence-electron chi connectivity index (χ2n) is 5.13.